The summed E-state index contributed by atoms with van der Waals surface area (Å²) in [7, 11) is 0. The van der Waals surface area contributed by atoms with E-state index in [-0.39, 0.29) is 5.41 Å². The number of furan rings is 1. The molecule has 3 aliphatic carbocycles. The highest BCUT2D eigenvalue weighted by atomic mass is 16.3. The first-order valence-electron chi connectivity index (χ1n) is 20.3. The normalized spacial score (nSPS) is 14.3. The molecule has 0 amide bonds. The van der Waals surface area contributed by atoms with Crippen LogP contribution >= 0.6 is 0 Å². The van der Waals surface area contributed by atoms with E-state index >= 15 is 0 Å². The van der Waals surface area contributed by atoms with Gasteiger partial charge in [-0.2, -0.15) is 0 Å². The van der Waals surface area contributed by atoms with Crippen LogP contribution in [-0.2, 0) is 10.8 Å². The lowest BCUT2D eigenvalue weighted by molar-refractivity contribution is 0.596. The SMILES string of the molecule is CC1(C)c2ccccc2-c2ccc(N(c3ccccc3)c3ccccc3-c3c(-c4ccccc4)oc4c3C3(c5ccccc5-c5ccccc53)c3ccccc3-4)cc21. The molecule has 1 spiro atoms. The molecule has 0 saturated heterocycles. The second kappa shape index (κ2) is 12.2. The summed E-state index contributed by atoms with van der Waals surface area (Å²) in [5, 5.41) is 0. The van der Waals surface area contributed by atoms with Gasteiger partial charge >= 0.3 is 0 Å². The van der Waals surface area contributed by atoms with Crippen molar-refractivity contribution in [3.63, 3.8) is 0 Å². The van der Waals surface area contributed by atoms with Gasteiger partial charge in [0, 0.05) is 44.6 Å². The molecule has 8 aromatic carbocycles. The molecule has 0 saturated carbocycles. The van der Waals surface area contributed by atoms with E-state index < -0.39 is 5.41 Å². The highest BCUT2D eigenvalue weighted by molar-refractivity contribution is 6.03. The van der Waals surface area contributed by atoms with Gasteiger partial charge in [-0.25, -0.2) is 0 Å². The van der Waals surface area contributed by atoms with Crippen molar-refractivity contribution in [2.45, 2.75) is 24.7 Å². The van der Waals surface area contributed by atoms with Crippen molar-refractivity contribution >= 4 is 17.1 Å². The third-order valence-electron chi connectivity index (χ3n) is 13.1. The Hall–Kier alpha value is -7.16. The maximum atomic E-state index is 7.39. The minimum Gasteiger partial charge on any atom is -0.455 e. The van der Waals surface area contributed by atoms with Gasteiger partial charge in [-0.3, -0.25) is 0 Å². The molecular weight excluding hydrogens is 703 g/mol. The highest BCUT2D eigenvalue weighted by Gasteiger charge is 2.55. The van der Waals surface area contributed by atoms with Crippen molar-refractivity contribution in [1.29, 1.82) is 0 Å². The van der Waals surface area contributed by atoms with Gasteiger partial charge in [-0.1, -0.05) is 184 Å². The third kappa shape index (κ3) is 4.32. The number of nitrogens with zero attached hydrogens (tertiary/aromatic N) is 1. The molecule has 12 rings (SSSR count). The Morgan fingerprint density at radius 2 is 0.862 bits per heavy atom. The summed E-state index contributed by atoms with van der Waals surface area (Å²) in [4.78, 5) is 2.45. The number of hydrogen-bond donors (Lipinski definition) is 0. The molecule has 1 aromatic heterocycles. The molecule has 1 heterocycles. The van der Waals surface area contributed by atoms with Crippen LogP contribution in [0.15, 0.2) is 205 Å². The van der Waals surface area contributed by atoms with Crippen LogP contribution in [0.5, 0.6) is 0 Å². The van der Waals surface area contributed by atoms with Gasteiger partial charge in [0.2, 0.25) is 0 Å². The van der Waals surface area contributed by atoms with E-state index in [4.69, 9.17) is 4.42 Å². The van der Waals surface area contributed by atoms with Crippen molar-refractivity contribution < 1.29 is 4.42 Å². The van der Waals surface area contributed by atoms with Gasteiger partial charge in [0.25, 0.3) is 0 Å². The molecule has 0 N–H and O–H groups in total. The molecule has 9 aromatic rings. The monoisotopic (exact) mass is 741 g/mol. The van der Waals surface area contributed by atoms with Gasteiger partial charge in [-0.15, -0.1) is 0 Å². The van der Waals surface area contributed by atoms with Crippen molar-refractivity contribution in [3.8, 4) is 56.0 Å². The fourth-order valence-electron chi connectivity index (χ4n) is 10.7. The van der Waals surface area contributed by atoms with Crippen molar-refractivity contribution in [1.82, 2.24) is 0 Å². The smallest absolute Gasteiger partial charge is 0.143 e. The largest absolute Gasteiger partial charge is 0.455 e. The topological polar surface area (TPSA) is 16.4 Å². The average Bonchev–Trinajstić information content (AvgIpc) is 3.97. The van der Waals surface area contributed by atoms with Gasteiger partial charge in [0.05, 0.1) is 11.1 Å². The Balaban J connectivity index is 1.18. The van der Waals surface area contributed by atoms with E-state index in [1.165, 1.54) is 55.6 Å². The van der Waals surface area contributed by atoms with E-state index in [0.717, 1.165) is 50.8 Å². The number of hydrogen-bond acceptors (Lipinski definition) is 2. The summed E-state index contributed by atoms with van der Waals surface area (Å²) >= 11 is 0. The summed E-state index contributed by atoms with van der Waals surface area (Å²) in [5.41, 5.74) is 20.0. The van der Waals surface area contributed by atoms with E-state index in [2.05, 4.69) is 219 Å². The Morgan fingerprint density at radius 3 is 1.52 bits per heavy atom. The molecular formula is C56H39NO. The van der Waals surface area contributed by atoms with Crippen LogP contribution in [0.2, 0.25) is 0 Å². The Bertz CT molecular complexity index is 3050. The van der Waals surface area contributed by atoms with E-state index in [0.29, 0.717) is 0 Å². The molecule has 3 aliphatic rings. The quantitative estimate of drug-likeness (QED) is 0.175. The molecule has 58 heavy (non-hydrogen) atoms. The molecule has 0 fully saturated rings. The van der Waals surface area contributed by atoms with Gasteiger partial charge < -0.3 is 9.32 Å². The Morgan fingerprint density at radius 1 is 0.379 bits per heavy atom. The van der Waals surface area contributed by atoms with Crippen LogP contribution in [0.1, 0.15) is 47.2 Å². The predicted octanol–water partition coefficient (Wildman–Crippen LogP) is 14.7. The highest BCUT2D eigenvalue weighted by Crippen LogP contribution is 2.67. The lowest BCUT2D eigenvalue weighted by Gasteiger charge is -2.32. The summed E-state index contributed by atoms with van der Waals surface area (Å²) in [6.07, 6.45) is 0. The molecule has 2 nitrogen and oxygen atoms in total. The molecule has 0 aliphatic heterocycles. The van der Waals surface area contributed by atoms with E-state index in [1.54, 1.807) is 0 Å². The lowest BCUT2D eigenvalue weighted by atomic mass is 9.69. The van der Waals surface area contributed by atoms with Crippen molar-refractivity contribution in [2.75, 3.05) is 4.90 Å². The minimum atomic E-state index is -0.584. The Kier molecular flexibility index (Phi) is 6.93. The number of benzene rings is 8. The lowest BCUT2D eigenvalue weighted by Crippen LogP contribution is -2.26. The molecule has 274 valence electrons. The molecule has 0 radical (unpaired) electrons. The summed E-state index contributed by atoms with van der Waals surface area (Å²) in [5.74, 6) is 1.82. The van der Waals surface area contributed by atoms with Crippen LogP contribution in [0.4, 0.5) is 17.1 Å². The fourth-order valence-corrected chi connectivity index (χ4v) is 10.7. The maximum Gasteiger partial charge on any atom is 0.143 e. The zero-order chi connectivity index (χ0) is 38.6. The molecule has 0 bridgehead atoms. The minimum absolute atomic E-state index is 0.142. The fraction of sp³-hybridized carbons (Fsp3) is 0.0714. The number of anilines is 3. The zero-order valence-corrected chi connectivity index (χ0v) is 32.4. The summed E-state index contributed by atoms with van der Waals surface area (Å²) < 4.78 is 7.39. The molecule has 0 atom stereocenters. The van der Waals surface area contributed by atoms with Gasteiger partial charge in [0.1, 0.15) is 11.5 Å². The second-order valence-electron chi connectivity index (χ2n) is 16.4. The van der Waals surface area contributed by atoms with Crippen LogP contribution in [0.3, 0.4) is 0 Å². The zero-order valence-electron chi connectivity index (χ0n) is 32.4. The summed E-state index contributed by atoms with van der Waals surface area (Å²) in [6.45, 7) is 4.72. The first kappa shape index (κ1) is 33.0. The Labute approximate surface area is 339 Å². The molecule has 0 unspecified atom stereocenters. The average molecular weight is 742 g/mol. The van der Waals surface area contributed by atoms with Gasteiger partial charge in [-0.05, 0) is 80.4 Å². The van der Waals surface area contributed by atoms with Crippen LogP contribution in [-0.4, -0.2) is 0 Å². The van der Waals surface area contributed by atoms with E-state index in [1.807, 2.05) is 0 Å². The van der Waals surface area contributed by atoms with Crippen LogP contribution in [0.25, 0.3) is 56.0 Å². The number of fused-ring (bicyclic) bond motifs is 13. The second-order valence-corrected chi connectivity index (χ2v) is 16.4. The molecule has 2 heteroatoms. The number of rotatable bonds is 5. The van der Waals surface area contributed by atoms with Gasteiger partial charge in [0.15, 0.2) is 0 Å². The summed E-state index contributed by atoms with van der Waals surface area (Å²) in [6, 6.07) is 73.3. The van der Waals surface area contributed by atoms with Crippen molar-refractivity contribution in [2.24, 2.45) is 0 Å². The maximum absolute atomic E-state index is 7.39. The standard InChI is InChI=1S/C56H39NO/c1-55(2)45-28-14-9-23-39(45)42-34-33-38(35-49(42)55)57(37-21-7-4-8-22-37)50-32-18-13-27-44(50)51-52-54(58-53(51)36-19-5-3-6-20-36)43-26-12-17-31-48(43)56(52)46-29-15-10-24-40(46)41-25-11-16-30-47(41)56/h3-35H,1-2H3. The van der Waals surface area contributed by atoms with Crippen molar-refractivity contribution in [3.05, 3.63) is 234 Å². The number of para-hydroxylation sites is 2. The predicted molar refractivity (Wildman–Crippen MR) is 238 cm³/mol. The van der Waals surface area contributed by atoms with Crippen LogP contribution < -0.4 is 4.90 Å². The first-order chi connectivity index (χ1) is 28.6. The van der Waals surface area contributed by atoms with Crippen LogP contribution in [0, 0.1) is 0 Å². The first-order valence-corrected chi connectivity index (χ1v) is 20.3. The van der Waals surface area contributed by atoms with E-state index in [9.17, 15) is 0 Å². The third-order valence-corrected chi connectivity index (χ3v) is 13.1.